The van der Waals surface area contributed by atoms with Crippen molar-refractivity contribution in [1.29, 1.82) is 0 Å². The van der Waals surface area contributed by atoms with Crippen molar-refractivity contribution >= 4 is 5.97 Å². The second kappa shape index (κ2) is 10.4. The Morgan fingerprint density at radius 3 is 2.45 bits per heavy atom. The molecule has 0 unspecified atom stereocenters. The lowest BCUT2D eigenvalue weighted by Crippen LogP contribution is -2.27. The Hall–Kier alpha value is -1.35. The Morgan fingerprint density at radius 1 is 1.25 bits per heavy atom. The zero-order valence-corrected chi connectivity index (χ0v) is 12.9. The number of aliphatic carboxylic acids is 1. The molecule has 0 fully saturated rings. The molecular weight excluding hydrogens is 252 g/mol. The second-order valence-corrected chi connectivity index (χ2v) is 5.48. The average molecular weight is 280 g/mol. The van der Waals surface area contributed by atoms with Gasteiger partial charge in [-0.2, -0.15) is 0 Å². The van der Waals surface area contributed by atoms with E-state index in [9.17, 15) is 9.90 Å². The molecule has 0 spiro atoms. The quantitative estimate of drug-likeness (QED) is 0.596. The molecule has 0 aliphatic rings. The lowest BCUT2D eigenvalue weighted by molar-refractivity contribution is -0.148. The molecule has 0 heterocycles. The highest BCUT2D eigenvalue weighted by Crippen LogP contribution is 2.28. The number of hydrogen-bond acceptors (Lipinski definition) is 2. The van der Waals surface area contributed by atoms with Crippen molar-refractivity contribution in [2.24, 2.45) is 11.3 Å². The van der Waals surface area contributed by atoms with Gasteiger partial charge < -0.3 is 10.2 Å². The van der Waals surface area contributed by atoms with E-state index in [0.717, 1.165) is 6.42 Å². The third-order valence-electron chi connectivity index (χ3n) is 3.52. The van der Waals surface area contributed by atoms with E-state index in [1.807, 2.05) is 30.4 Å². The standard InChI is InChI=1S/C17H28O3/c1-4-15(2)11-8-6-5-7-9-12-17(3,16(19)20)13-10-14-18/h5-9,11,15,18H,4,10,12-14H2,1-3H3,(H,19,20)/b6-5+,9-7+,11-8+/t15-,17+/m1/s1. The Kier molecular flexibility index (Phi) is 9.73. The first-order valence-corrected chi connectivity index (χ1v) is 7.30. The molecule has 0 amide bonds. The molecule has 0 aliphatic carbocycles. The van der Waals surface area contributed by atoms with Crippen molar-refractivity contribution in [3.63, 3.8) is 0 Å². The van der Waals surface area contributed by atoms with Crippen molar-refractivity contribution < 1.29 is 15.0 Å². The van der Waals surface area contributed by atoms with Crippen LogP contribution >= 0.6 is 0 Å². The van der Waals surface area contributed by atoms with Gasteiger partial charge in [0.1, 0.15) is 0 Å². The minimum absolute atomic E-state index is 0.0346. The first kappa shape index (κ1) is 18.7. The maximum absolute atomic E-state index is 11.3. The Morgan fingerprint density at radius 2 is 1.90 bits per heavy atom. The number of aliphatic hydroxyl groups excluding tert-OH is 1. The van der Waals surface area contributed by atoms with E-state index in [1.165, 1.54) is 0 Å². The average Bonchev–Trinajstić information content (AvgIpc) is 2.43. The summed E-state index contributed by atoms with van der Waals surface area (Å²) in [6, 6.07) is 0. The van der Waals surface area contributed by atoms with Gasteiger partial charge in [0.05, 0.1) is 5.41 Å². The van der Waals surface area contributed by atoms with E-state index < -0.39 is 11.4 Å². The first-order chi connectivity index (χ1) is 9.46. The molecule has 0 saturated heterocycles. The van der Waals surface area contributed by atoms with Crippen LogP contribution < -0.4 is 0 Å². The van der Waals surface area contributed by atoms with Gasteiger partial charge >= 0.3 is 5.97 Å². The lowest BCUT2D eigenvalue weighted by atomic mass is 9.82. The van der Waals surface area contributed by atoms with E-state index in [-0.39, 0.29) is 6.61 Å². The van der Waals surface area contributed by atoms with Gasteiger partial charge in [0.25, 0.3) is 0 Å². The van der Waals surface area contributed by atoms with Crippen LogP contribution in [0.4, 0.5) is 0 Å². The number of allylic oxidation sites excluding steroid dienone is 6. The van der Waals surface area contributed by atoms with Gasteiger partial charge in [-0.25, -0.2) is 0 Å². The largest absolute Gasteiger partial charge is 0.481 e. The van der Waals surface area contributed by atoms with Crippen LogP contribution in [0.25, 0.3) is 0 Å². The zero-order chi connectivity index (χ0) is 15.4. The molecule has 114 valence electrons. The fourth-order valence-corrected chi connectivity index (χ4v) is 1.69. The van der Waals surface area contributed by atoms with Gasteiger partial charge in [-0.05, 0) is 32.1 Å². The molecule has 0 bridgehead atoms. The maximum atomic E-state index is 11.3. The van der Waals surface area contributed by atoms with Crippen LogP contribution in [0.1, 0.15) is 46.5 Å². The molecule has 2 atom stereocenters. The summed E-state index contributed by atoms with van der Waals surface area (Å²) in [5.41, 5.74) is -0.792. The number of carboxylic acid groups (broad SMARTS) is 1. The second-order valence-electron chi connectivity index (χ2n) is 5.48. The Bertz CT molecular complexity index is 355. The maximum Gasteiger partial charge on any atom is 0.309 e. The van der Waals surface area contributed by atoms with E-state index in [1.54, 1.807) is 6.92 Å². The molecule has 0 aliphatic heterocycles. The van der Waals surface area contributed by atoms with Crippen molar-refractivity contribution in [2.75, 3.05) is 6.61 Å². The highest BCUT2D eigenvalue weighted by molar-refractivity contribution is 5.74. The van der Waals surface area contributed by atoms with Crippen LogP contribution in [0.5, 0.6) is 0 Å². The van der Waals surface area contributed by atoms with Crippen LogP contribution in [0.15, 0.2) is 36.5 Å². The summed E-state index contributed by atoms with van der Waals surface area (Å²) in [7, 11) is 0. The smallest absolute Gasteiger partial charge is 0.309 e. The summed E-state index contributed by atoms with van der Waals surface area (Å²) < 4.78 is 0. The molecule has 3 heteroatoms. The summed E-state index contributed by atoms with van der Waals surface area (Å²) in [6.07, 6.45) is 14.4. The van der Waals surface area contributed by atoms with Gasteiger partial charge in [-0.15, -0.1) is 0 Å². The lowest BCUT2D eigenvalue weighted by Gasteiger charge is -2.22. The van der Waals surface area contributed by atoms with Crippen LogP contribution in [-0.4, -0.2) is 22.8 Å². The predicted octanol–water partition coefficient (Wildman–Crippen LogP) is 3.95. The molecule has 0 radical (unpaired) electrons. The third-order valence-corrected chi connectivity index (χ3v) is 3.52. The summed E-state index contributed by atoms with van der Waals surface area (Å²) >= 11 is 0. The predicted molar refractivity (Wildman–Crippen MR) is 83.6 cm³/mol. The van der Waals surface area contributed by atoms with Crippen LogP contribution in [0.3, 0.4) is 0 Å². The van der Waals surface area contributed by atoms with Gasteiger partial charge in [-0.1, -0.05) is 56.7 Å². The Labute approximate surface area is 122 Å². The van der Waals surface area contributed by atoms with Crippen LogP contribution in [-0.2, 0) is 4.79 Å². The third kappa shape index (κ3) is 7.95. The van der Waals surface area contributed by atoms with E-state index >= 15 is 0 Å². The van der Waals surface area contributed by atoms with Gasteiger partial charge in [-0.3, -0.25) is 4.79 Å². The number of aliphatic hydroxyl groups is 1. The fourth-order valence-electron chi connectivity index (χ4n) is 1.69. The van der Waals surface area contributed by atoms with Crippen LogP contribution in [0.2, 0.25) is 0 Å². The molecular formula is C17H28O3. The summed E-state index contributed by atoms with van der Waals surface area (Å²) in [6.45, 7) is 6.08. The van der Waals surface area contributed by atoms with Crippen LogP contribution in [0, 0.1) is 11.3 Å². The molecule has 0 saturated carbocycles. The molecule has 20 heavy (non-hydrogen) atoms. The molecule has 2 N–H and O–H groups in total. The normalized spacial score (nSPS) is 17.0. The zero-order valence-electron chi connectivity index (χ0n) is 12.9. The van der Waals surface area contributed by atoms with Gasteiger partial charge in [0, 0.05) is 6.61 Å². The minimum atomic E-state index is -0.809. The SMILES string of the molecule is CC[C@@H](C)/C=C/C=C/C=C/C[C@@](C)(CCCO)C(=O)O. The molecule has 0 aromatic heterocycles. The summed E-state index contributed by atoms with van der Waals surface area (Å²) in [5.74, 6) is -0.228. The fraction of sp³-hybridized carbons (Fsp3) is 0.588. The van der Waals surface area contributed by atoms with Crippen molar-refractivity contribution in [3.05, 3.63) is 36.5 Å². The molecule has 0 aromatic rings. The first-order valence-electron chi connectivity index (χ1n) is 7.30. The summed E-state index contributed by atoms with van der Waals surface area (Å²) in [4.78, 5) is 11.3. The highest BCUT2D eigenvalue weighted by atomic mass is 16.4. The van der Waals surface area contributed by atoms with Crippen molar-refractivity contribution in [3.8, 4) is 0 Å². The van der Waals surface area contributed by atoms with Gasteiger partial charge in [0.15, 0.2) is 0 Å². The van der Waals surface area contributed by atoms with E-state index in [2.05, 4.69) is 19.9 Å². The molecule has 3 nitrogen and oxygen atoms in total. The van der Waals surface area contributed by atoms with Gasteiger partial charge in [0.2, 0.25) is 0 Å². The highest BCUT2D eigenvalue weighted by Gasteiger charge is 2.30. The van der Waals surface area contributed by atoms with Crippen molar-refractivity contribution in [2.45, 2.75) is 46.5 Å². The topological polar surface area (TPSA) is 57.5 Å². The number of carboxylic acids is 1. The summed E-state index contributed by atoms with van der Waals surface area (Å²) in [5, 5.41) is 18.1. The Balaban J connectivity index is 4.28. The number of rotatable bonds is 10. The minimum Gasteiger partial charge on any atom is -0.481 e. The molecule has 0 rings (SSSR count). The van der Waals surface area contributed by atoms with E-state index in [0.29, 0.717) is 25.2 Å². The molecule has 0 aromatic carbocycles. The number of carbonyl (C=O) groups is 1. The number of hydrogen-bond donors (Lipinski definition) is 2. The van der Waals surface area contributed by atoms with Crippen molar-refractivity contribution in [1.82, 2.24) is 0 Å². The monoisotopic (exact) mass is 280 g/mol. The van der Waals surface area contributed by atoms with E-state index in [4.69, 9.17) is 5.11 Å².